The van der Waals surface area contributed by atoms with Gasteiger partial charge in [-0.25, -0.2) is 4.79 Å². The SMILES string of the molecule is CN1C(=O)C[C@H](C(=O)NCCNC(=O)C(Cc2ccccc2)NC(=O)C(Cc2ccccc2)NC(=O)CCCCCCCNC(=O)O)[C@H]1c1cccnc1. The zero-order valence-corrected chi connectivity index (χ0v) is 30.7. The lowest BCUT2D eigenvalue weighted by Gasteiger charge is -2.25. The number of rotatable bonds is 21. The molecule has 2 unspecified atom stereocenters. The van der Waals surface area contributed by atoms with E-state index in [1.54, 1.807) is 30.4 Å². The highest BCUT2D eigenvalue weighted by molar-refractivity contribution is 5.93. The lowest BCUT2D eigenvalue weighted by Crippen LogP contribution is -2.55. The molecule has 1 aromatic heterocycles. The molecule has 14 nitrogen and oxygen atoms in total. The minimum Gasteiger partial charge on any atom is -0.465 e. The molecule has 1 aliphatic rings. The number of unbranched alkanes of at least 4 members (excludes halogenated alkanes) is 4. The summed E-state index contributed by atoms with van der Waals surface area (Å²) >= 11 is 0. The van der Waals surface area contributed by atoms with Gasteiger partial charge in [-0.15, -0.1) is 0 Å². The van der Waals surface area contributed by atoms with Gasteiger partial charge in [0, 0.05) is 64.8 Å². The first-order valence-electron chi connectivity index (χ1n) is 18.5. The van der Waals surface area contributed by atoms with Gasteiger partial charge in [-0.05, 0) is 35.6 Å². The molecular weight excluding hydrogens is 690 g/mol. The second-order valence-electron chi connectivity index (χ2n) is 13.4. The molecule has 54 heavy (non-hydrogen) atoms. The molecule has 4 atom stereocenters. The summed E-state index contributed by atoms with van der Waals surface area (Å²) in [5, 5.41) is 22.4. The number of hydrogen-bond donors (Lipinski definition) is 6. The second-order valence-corrected chi connectivity index (χ2v) is 13.4. The monoisotopic (exact) mass is 741 g/mol. The first kappa shape index (κ1) is 41.0. The van der Waals surface area contributed by atoms with E-state index in [0.717, 1.165) is 42.4 Å². The van der Waals surface area contributed by atoms with Crippen molar-refractivity contribution in [2.24, 2.45) is 5.92 Å². The van der Waals surface area contributed by atoms with Crippen LogP contribution >= 0.6 is 0 Å². The molecule has 2 aromatic carbocycles. The third-order valence-corrected chi connectivity index (χ3v) is 9.38. The fraction of sp³-hybridized carbons (Fsp3) is 0.425. The van der Waals surface area contributed by atoms with Gasteiger partial charge in [0.2, 0.25) is 29.5 Å². The molecule has 6 amide bonds. The Balaban J connectivity index is 1.34. The summed E-state index contributed by atoms with van der Waals surface area (Å²) in [7, 11) is 1.67. The lowest BCUT2D eigenvalue weighted by atomic mass is 9.94. The Morgan fingerprint density at radius 2 is 1.35 bits per heavy atom. The minimum absolute atomic E-state index is 0.0637. The molecule has 1 aliphatic heterocycles. The number of aromatic nitrogens is 1. The van der Waals surface area contributed by atoms with Crippen molar-refractivity contribution < 1.29 is 33.9 Å². The molecule has 14 heteroatoms. The summed E-state index contributed by atoms with van der Waals surface area (Å²) < 4.78 is 0. The highest BCUT2D eigenvalue weighted by Crippen LogP contribution is 2.36. The van der Waals surface area contributed by atoms with Gasteiger partial charge in [0.15, 0.2) is 0 Å². The van der Waals surface area contributed by atoms with Crippen LogP contribution in [0, 0.1) is 5.92 Å². The molecule has 0 spiro atoms. The smallest absolute Gasteiger partial charge is 0.404 e. The fourth-order valence-corrected chi connectivity index (χ4v) is 6.53. The van der Waals surface area contributed by atoms with E-state index in [9.17, 15) is 28.8 Å². The Kier molecular flexibility index (Phi) is 16.4. The van der Waals surface area contributed by atoms with Gasteiger partial charge in [-0.3, -0.25) is 29.0 Å². The first-order valence-corrected chi connectivity index (χ1v) is 18.5. The Morgan fingerprint density at radius 1 is 0.741 bits per heavy atom. The number of nitrogens with one attached hydrogen (secondary N) is 5. The highest BCUT2D eigenvalue weighted by atomic mass is 16.4. The maximum atomic E-state index is 13.8. The molecule has 2 heterocycles. The number of carbonyl (C=O) groups is 6. The van der Waals surface area contributed by atoms with Gasteiger partial charge >= 0.3 is 6.09 Å². The van der Waals surface area contributed by atoms with Crippen LogP contribution in [0.15, 0.2) is 85.2 Å². The van der Waals surface area contributed by atoms with Crippen LogP contribution < -0.4 is 26.6 Å². The van der Waals surface area contributed by atoms with Crippen molar-refractivity contribution in [3.05, 3.63) is 102 Å². The number of hydrogen-bond acceptors (Lipinski definition) is 7. The number of carboxylic acid groups (broad SMARTS) is 1. The van der Waals surface area contributed by atoms with Gasteiger partial charge in [-0.1, -0.05) is 86.0 Å². The van der Waals surface area contributed by atoms with E-state index in [0.29, 0.717) is 13.0 Å². The summed E-state index contributed by atoms with van der Waals surface area (Å²) in [6.07, 6.45) is 6.75. The predicted molar refractivity (Wildman–Crippen MR) is 202 cm³/mol. The molecular formula is C40H51N7O7. The maximum absolute atomic E-state index is 13.8. The van der Waals surface area contributed by atoms with Crippen LogP contribution in [0.25, 0.3) is 0 Å². The van der Waals surface area contributed by atoms with Crippen molar-refractivity contribution in [2.45, 2.75) is 75.9 Å². The van der Waals surface area contributed by atoms with Crippen LogP contribution in [-0.2, 0) is 36.8 Å². The van der Waals surface area contributed by atoms with E-state index in [1.165, 1.54) is 0 Å². The summed E-state index contributed by atoms with van der Waals surface area (Å²) in [4.78, 5) is 82.5. The Morgan fingerprint density at radius 3 is 1.98 bits per heavy atom. The largest absolute Gasteiger partial charge is 0.465 e. The number of amides is 6. The van der Waals surface area contributed by atoms with Crippen LogP contribution in [0.2, 0.25) is 0 Å². The summed E-state index contributed by atoms with van der Waals surface area (Å²) in [5.74, 6) is -2.29. The number of benzene rings is 2. The van der Waals surface area contributed by atoms with Crippen LogP contribution in [0.1, 0.15) is 67.7 Å². The summed E-state index contributed by atoms with van der Waals surface area (Å²) in [5.41, 5.74) is 2.43. The molecule has 0 bridgehead atoms. The Bertz CT molecular complexity index is 1680. The summed E-state index contributed by atoms with van der Waals surface area (Å²) in [6.45, 7) is 0.581. The standard InChI is InChI=1S/C40H51N7O7/c1-47-35(49)26-31(36(47)30-18-13-20-41-27-30)37(50)42-22-23-43-38(51)32(24-28-14-7-5-8-15-28)46-39(52)33(25-29-16-9-6-10-17-29)45-34(48)19-11-3-2-4-12-21-44-40(53)54/h5-10,13-18,20,27,31-33,36,44H,2-4,11-12,19,21-26H2,1H3,(H,42,50)(H,43,51)(H,45,48)(H,46,52)(H,53,54)/t31-,32?,33?,36+/m0/s1. The fourth-order valence-electron chi connectivity index (χ4n) is 6.53. The van der Waals surface area contributed by atoms with Crippen LogP contribution in [0.5, 0.6) is 0 Å². The summed E-state index contributed by atoms with van der Waals surface area (Å²) in [6, 6.07) is 19.8. The van der Waals surface area contributed by atoms with Gasteiger partial charge < -0.3 is 36.6 Å². The number of carbonyl (C=O) groups excluding carboxylic acids is 5. The molecule has 6 N–H and O–H groups in total. The predicted octanol–water partition coefficient (Wildman–Crippen LogP) is 2.90. The topological polar surface area (TPSA) is 199 Å². The van der Waals surface area contributed by atoms with Crippen molar-refractivity contribution in [3.8, 4) is 0 Å². The molecule has 1 saturated heterocycles. The number of likely N-dealkylation sites (tertiary alicyclic amines) is 1. The van der Waals surface area contributed by atoms with Gasteiger partial charge in [-0.2, -0.15) is 0 Å². The first-order chi connectivity index (χ1) is 26.1. The Labute approximate surface area is 315 Å². The van der Waals surface area contributed by atoms with E-state index in [2.05, 4.69) is 31.6 Å². The minimum atomic E-state index is -1.04. The van der Waals surface area contributed by atoms with E-state index < -0.39 is 42.0 Å². The van der Waals surface area contributed by atoms with Crippen molar-refractivity contribution in [2.75, 3.05) is 26.7 Å². The van der Waals surface area contributed by atoms with Gasteiger partial charge in [0.1, 0.15) is 12.1 Å². The quantitative estimate of drug-likeness (QED) is 0.0896. The molecule has 3 aromatic rings. The normalized spacial score (nSPS) is 16.2. The third-order valence-electron chi connectivity index (χ3n) is 9.38. The van der Waals surface area contributed by atoms with E-state index in [-0.39, 0.29) is 56.5 Å². The van der Waals surface area contributed by atoms with E-state index >= 15 is 0 Å². The lowest BCUT2D eigenvalue weighted by molar-refractivity contribution is -0.132. The molecule has 1 fully saturated rings. The van der Waals surface area contributed by atoms with Crippen LogP contribution in [0.4, 0.5) is 4.79 Å². The van der Waals surface area contributed by atoms with Crippen molar-refractivity contribution in [1.29, 1.82) is 0 Å². The average molecular weight is 742 g/mol. The second kappa shape index (κ2) is 21.7. The van der Waals surface area contributed by atoms with E-state index in [1.807, 2.05) is 66.7 Å². The maximum Gasteiger partial charge on any atom is 0.404 e. The Hall–Kier alpha value is -5.79. The van der Waals surface area contributed by atoms with Crippen molar-refractivity contribution in [3.63, 3.8) is 0 Å². The molecule has 4 rings (SSSR count). The van der Waals surface area contributed by atoms with Crippen LogP contribution in [0.3, 0.4) is 0 Å². The molecule has 0 radical (unpaired) electrons. The molecule has 0 saturated carbocycles. The zero-order chi connectivity index (χ0) is 38.7. The average Bonchev–Trinajstić information content (AvgIpc) is 3.47. The zero-order valence-electron chi connectivity index (χ0n) is 30.7. The third kappa shape index (κ3) is 13.3. The van der Waals surface area contributed by atoms with Gasteiger partial charge in [0.25, 0.3) is 0 Å². The van der Waals surface area contributed by atoms with Crippen molar-refractivity contribution >= 4 is 35.6 Å². The number of pyridine rings is 1. The molecule has 0 aliphatic carbocycles. The molecule has 288 valence electrons. The van der Waals surface area contributed by atoms with Gasteiger partial charge in [0.05, 0.1) is 12.0 Å². The van der Waals surface area contributed by atoms with Crippen molar-refractivity contribution in [1.82, 2.24) is 36.5 Å². The highest BCUT2D eigenvalue weighted by Gasteiger charge is 2.42. The number of nitrogens with zero attached hydrogens (tertiary/aromatic N) is 2. The van der Waals surface area contributed by atoms with E-state index in [4.69, 9.17) is 5.11 Å². The van der Waals surface area contributed by atoms with Crippen LogP contribution in [-0.4, -0.2) is 89.4 Å².